The number of rotatable bonds is 4. The lowest BCUT2D eigenvalue weighted by molar-refractivity contribution is 1.30. The summed E-state index contributed by atoms with van der Waals surface area (Å²) in [5.41, 5.74) is 10.1. The standard InChI is InChI=1S/C36H24N2/c1-4-13-26(14-5-1)30-23-24-31(27-15-6-2-7-16-27)35-34(30)37-33(28-18-8-3-9-19-28)36(38-35)32-22-12-20-25-17-10-11-21-29(25)32/h1-24H. The van der Waals surface area contributed by atoms with Crippen LogP contribution in [0, 0.1) is 0 Å². The van der Waals surface area contributed by atoms with E-state index in [2.05, 4.69) is 127 Å². The molecule has 0 fully saturated rings. The van der Waals surface area contributed by atoms with Crippen LogP contribution in [-0.4, -0.2) is 9.97 Å². The molecular formula is C36H24N2. The summed E-state index contributed by atoms with van der Waals surface area (Å²) in [4.78, 5) is 10.9. The third-order valence-electron chi connectivity index (χ3n) is 7.08. The van der Waals surface area contributed by atoms with E-state index in [1.807, 2.05) is 18.2 Å². The Morgan fingerprint density at radius 2 is 0.789 bits per heavy atom. The van der Waals surface area contributed by atoms with Gasteiger partial charge in [-0.25, -0.2) is 9.97 Å². The van der Waals surface area contributed by atoms with Gasteiger partial charge in [0, 0.05) is 22.3 Å². The molecule has 7 rings (SSSR count). The minimum absolute atomic E-state index is 0.886. The molecule has 0 saturated carbocycles. The van der Waals surface area contributed by atoms with Crippen molar-refractivity contribution in [2.75, 3.05) is 0 Å². The number of aromatic nitrogens is 2. The Morgan fingerprint density at radius 3 is 1.39 bits per heavy atom. The topological polar surface area (TPSA) is 25.8 Å². The van der Waals surface area contributed by atoms with E-state index in [1.165, 1.54) is 10.8 Å². The molecule has 0 spiro atoms. The van der Waals surface area contributed by atoms with Crippen molar-refractivity contribution in [1.29, 1.82) is 0 Å². The maximum Gasteiger partial charge on any atom is 0.0979 e. The molecule has 0 saturated heterocycles. The lowest BCUT2D eigenvalue weighted by Gasteiger charge is -2.17. The highest BCUT2D eigenvalue weighted by Gasteiger charge is 2.19. The van der Waals surface area contributed by atoms with Crippen LogP contribution in [0.15, 0.2) is 146 Å². The highest BCUT2D eigenvalue weighted by atomic mass is 14.8. The van der Waals surface area contributed by atoms with Crippen molar-refractivity contribution < 1.29 is 0 Å². The lowest BCUT2D eigenvalue weighted by Crippen LogP contribution is -1.99. The fourth-order valence-corrected chi connectivity index (χ4v) is 5.25. The molecule has 0 unspecified atom stereocenters. The van der Waals surface area contributed by atoms with Crippen LogP contribution >= 0.6 is 0 Å². The summed E-state index contributed by atoms with van der Waals surface area (Å²) < 4.78 is 0. The van der Waals surface area contributed by atoms with Crippen molar-refractivity contribution in [3.63, 3.8) is 0 Å². The quantitative estimate of drug-likeness (QED) is 0.249. The molecule has 38 heavy (non-hydrogen) atoms. The maximum atomic E-state index is 5.47. The van der Waals surface area contributed by atoms with Gasteiger partial charge in [0.15, 0.2) is 0 Å². The van der Waals surface area contributed by atoms with Gasteiger partial charge in [0.25, 0.3) is 0 Å². The summed E-state index contributed by atoms with van der Waals surface area (Å²) >= 11 is 0. The summed E-state index contributed by atoms with van der Waals surface area (Å²) in [6.45, 7) is 0. The Bertz CT molecular complexity index is 1890. The van der Waals surface area contributed by atoms with E-state index in [4.69, 9.17) is 9.97 Å². The SMILES string of the molecule is c1ccc(-c2nc3c(-c4ccccc4)ccc(-c4ccccc4)c3nc2-c2cccc3ccccc23)cc1. The molecule has 2 nitrogen and oxygen atoms in total. The molecule has 0 aliphatic rings. The van der Waals surface area contributed by atoms with Crippen LogP contribution in [-0.2, 0) is 0 Å². The van der Waals surface area contributed by atoms with Crippen molar-refractivity contribution in [2.45, 2.75) is 0 Å². The van der Waals surface area contributed by atoms with E-state index >= 15 is 0 Å². The number of nitrogens with zero attached hydrogens (tertiary/aromatic N) is 2. The first-order chi connectivity index (χ1) is 18.9. The van der Waals surface area contributed by atoms with Gasteiger partial charge >= 0.3 is 0 Å². The summed E-state index contributed by atoms with van der Waals surface area (Å²) in [6, 6.07) is 50.6. The van der Waals surface area contributed by atoms with Gasteiger partial charge in [0.1, 0.15) is 0 Å². The third kappa shape index (κ3) is 3.84. The van der Waals surface area contributed by atoms with E-state index < -0.39 is 0 Å². The van der Waals surface area contributed by atoms with Crippen molar-refractivity contribution in [3.8, 4) is 44.8 Å². The average Bonchev–Trinajstić information content (AvgIpc) is 3.01. The highest BCUT2D eigenvalue weighted by Crippen LogP contribution is 2.40. The van der Waals surface area contributed by atoms with E-state index in [9.17, 15) is 0 Å². The molecule has 1 aromatic heterocycles. The van der Waals surface area contributed by atoms with Gasteiger partial charge in [-0.2, -0.15) is 0 Å². The molecule has 6 aromatic carbocycles. The Morgan fingerprint density at radius 1 is 0.316 bits per heavy atom. The molecule has 0 amide bonds. The molecule has 0 bridgehead atoms. The summed E-state index contributed by atoms with van der Waals surface area (Å²) in [6.07, 6.45) is 0. The van der Waals surface area contributed by atoms with E-state index in [1.54, 1.807) is 0 Å². The fourth-order valence-electron chi connectivity index (χ4n) is 5.25. The van der Waals surface area contributed by atoms with Crippen LogP contribution < -0.4 is 0 Å². The van der Waals surface area contributed by atoms with Crippen LogP contribution in [0.5, 0.6) is 0 Å². The molecule has 7 aromatic rings. The molecule has 0 radical (unpaired) electrons. The summed E-state index contributed by atoms with van der Waals surface area (Å²) in [5, 5.41) is 2.36. The van der Waals surface area contributed by atoms with E-state index in [0.29, 0.717) is 0 Å². The van der Waals surface area contributed by atoms with Crippen LogP contribution in [0.2, 0.25) is 0 Å². The zero-order valence-electron chi connectivity index (χ0n) is 20.8. The van der Waals surface area contributed by atoms with Crippen LogP contribution in [0.3, 0.4) is 0 Å². The van der Waals surface area contributed by atoms with Gasteiger partial charge in [-0.15, -0.1) is 0 Å². The molecule has 178 valence electrons. The highest BCUT2D eigenvalue weighted by molar-refractivity contribution is 6.05. The second-order valence-corrected chi connectivity index (χ2v) is 9.40. The second-order valence-electron chi connectivity index (χ2n) is 9.40. The van der Waals surface area contributed by atoms with E-state index in [-0.39, 0.29) is 0 Å². The van der Waals surface area contributed by atoms with Gasteiger partial charge in [0.2, 0.25) is 0 Å². The first kappa shape index (κ1) is 22.1. The smallest absolute Gasteiger partial charge is 0.0979 e. The fraction of sp³-hybridized carbons (Fsp3) is 0. The van der Waals surface area contributed by atoms with Gasteiger partial charge < -0.3 is 0 Å². The normalized spacial score (nSPS) is 11.2. The molecule has 2 heteroatoms. The molecule has 0 N–H and O–H groups in total. The van der Waals surface area contributed by atoms with Gasteiger partial charge in [-0.1, -0.05) is 146 Å². The molecule has 0 aliphatic heterocycles. The monoisotopic (exact) mass is 484 g/mol. The zero-order valence-corrected chi connectivity index (χ0v) is 20.8. The number of benzene rings is 6. The first-order valence-electron chi connectivity index (χ1n) is 12.9. The minimum Gasteiger partial charge on any atom is -0.243 e. The predicted octanol–water partition coefficient (Wildman–Crippen LogP) is 9.45. The summed E-state index contributed by atoms with van der Waals surface area (Å²) in [7, 11) is 0. The molecule has 1 heterocycles. The third-order valence-corrected chi connectivity index (χ3v) is 7.08. The Kier molecular flexibility index (Phi) is 5.49. The Labute approximate surface area is 221 Å². The lowest BCUT2D eigenvalue weighted by atomic mass is 9.95. The van der Waals surface area contributed by atoms with E-state index in [0.717, 1.165) is 55.8 Å². The van der Waals surface area contributed by atoms with Gasteiger partial charge in [0.05, 0.1) is 22.4 Å². The predicted molar refractivity (Wildman–Crippen MR) is 159 cm³/mol. The number of hydrogen-bond acceptors (Lipinski definition) is 2. The van der Waals surface area contributed by atoms with Crippen molar-refractivity contribution >= 4 is 21.8 Å². The molecule has 0 atom stereocenters. The van der Waals surface area contributed by atoms with Gasteiger partial charge in [-0.05, 0) is 21.9 Å². The second kappa shape index (κ2) is 9.42. The Hall–Kier alpha value is -5.08. The number of hydrogen-bond donors (Lipinski definition) is 0. The van der Waals surface area contributed by atoms with Gasteiger partial charge in [-0.3, -0.25) is 0 Å². The summed E-state index contributed by atoms with van der Waals surface area (Å²) in [5.74, 6) is 0. The van der Waals surface area contributed by atoms with Crippen molar-refractivity contribution in [3.05, 3.63) is 146 Å². The maximum absolute atomic E-state index is 5.47. The van der Waals surface area contributed by atoms with Crippen molar-refractivity contribution in [1.82, 2.24) is 9.97 Å². The zero-order chi connectivity index (χ0) is 25.3. The molecule has 0 aliphatic carbocycles. The molecular weight excluding hydrogens is 460 g/mol. The van der Waals surface area contributed by atoms with Crippen LogP contribution in [0.25, 0.3) is 66.6 Å². The average molecular weight is 485 g/mol. The van der Waals surface area contributed by atoms with Crippen LogP contribution in [0.1, 0.15) is 0 Å². The van der Waals surface area contributed by atoms with Crippen molar-refractivity contribution in [2.24, 2.45) is 0 Å². The Balaban J connectivity index is 1.63. The van der Waals surface area contributed by atoms with Crippen LogP contribution in [0.4, 0.5) is 0 Å². The number of fused-ring (bicyclic) bond motifs is 2. The minimum atomic E-state index is 0.886. The first-order valence-corrected chi connectivity index (χ1v) is 12.9. The largest absolute Gasteiger partial charge is 0.243 e.